The Hall–Kier alpha value is -2.84. The van der Waals surface area contributed by atoms with Gasteiger partial charge in [-0.15, -0.1) is 0 Å². The van der Waals surface area contributed by atoms with Crippen LogP contribution >= 0.6 is 0 Å². The zero-order valence-electron chi connectivity index (χ0n) is 13.3. The van der Waals surface area contributed by atoms with E-state index in [0.717, 1.165) is 18.4 Å². The van der Waals surface area contributed by atoms with Gasteiger partial charge in [0.15, 0.2) is 0 Å². The number of aliphatic hydroxyl groups excluding tert-OH is 1. The fourth-order valence-corrected chi connectivity index (χ4v) is 3.23. The molecule has 0 aromatic heterocycles. The van der Waals surface area contributed by atoms with Crippen molar-refractivity contribution in [1.82, 2.24) is 4.90 Å². The van der Waals surface area contributed by atoms with E-state index in [-0.39, 0.29) is 25.2 Å². The molecule has 1 aliphatic rings. The summed E-state index contributed by atoms with van der Waals surface area (Å²) in [7, 11) is 0. The summed E-state index contributed by atoms with van der Waals surface area (Å²) < 4.78 is 0. The van der Waals surface area contributed by atoms with Crippen LogP contribution in [0.4, 0.5) is 10.5 Å². The predicted molar refractivity (Wildman–Crippen MR) is 91.5 cm³/mol. The summed E-state index contributed by atoms with van der Waals surface area (Å²) in [6, 6.07) is 16.7. The molecule has 5 nitrogen and oxygen atoms in total. The molecule has 5 heteroatoms. The van der Waals surface area contributed by atoms with Crippen LogP contribution in [0.15, 0.2) is 48.5 Å². The monoisotopic (exact) mass is 321 g/mol. The Labute approximate surface area is 141 Å². The van der Waals surface area contributed by atoms with Crippen molar-refractivity contribution in [1.29, 1.82) is 5.26 Å². The van der Waals surface area contributed by atoms with E-state index in [0.29, 0.717) is 11.3 Å². The maximum atomic E-state index is 12.7. The summed E-state index contributed by atoms with van der Waals surface area (Å²) >= 11 is 0. The van der Waals surface area contributed by atoms with Crippen LogP contribution in [0, 0.1) is 11.3 Å². The molecular formula is C19H19N3O2. The van der Waals surface area contributed by atoms with Gasteiger partial charge in [0, 0.05) is 12.2 Å². The number of anilines is 1. The number of aliphatic hydroxyl groups is 1. The van der Waals surface area contributed by atoms with Crippen LogP contribution in [-0.4, -0.2) is 29.2 Å². The lowest BCUT2D eigenvalue weighted by molar-refractivity contribution is 0.162. The van der Waals surface area contributed by atoms with E-state index in [4.69, 9.17) is 5.26 Å². The lowest BCUT2D eigenvalue weighted by atomic mass is 10.1. The maximum absolute atomic E-state index is 12.7. The zero-order chi connectivity index (χ0) is 16.9. The van der Waals surface area contributed by atoms with Crippen molar-refractivity contribution in [3.8, 4) is 6.07 Å². The largest absolute Gasteiger partial charge is 0.395 e. The molecule has 0 fully saturated rings. The number of carbonyl (C=O) groups is 1. The number of aryl methyl sites for hydroxylation is 1. The molecule has 1 aliphatic carbocycles. The summed E-state index contributed by atoms with van der Waals surface area (Å²) in [5, 5.41) is 21.2. The van der Waals surface area contributed by atoms with E-state index in [2.05, 4.69) is 17.5 Å². The van der Waals surface area contributed by atoms with Gasteiger partial charge in [-0.25, -0.2) is 4.79 Å². The average molecular weight is 321 g/mol. The molecule has 2 N–H and O–H groups in total. The number of benzene rings is 2. The number of fused-ring (bicyclic) bond motifs is 1. The summed E-state index contributed by atoms with van der Waals surface area (Å²) in [6.07, 6.45) is 1.78. The first kappa shape index (κ1) is 16.0. The van der Waals surface area contributed by atoms with Gasteiger partial charge in [0.1, 0.15) is 0 Å². The van der Waals surface area contributed by atoms with Crippen LogP contribution in [0.1, 0.15) is 29.2 Å². The smallest absolute Gasteiger partial charge is 0.322 e. The van der Waals surface area contributed by atoms with E-state index in [9.17, 15) is 9.90 Å². The van der Waals surface area contributed by atoms with Crippen molar-refractivity contribution in [3.05, 3.63) is 65.2 Å². The molecule has 2 aromatic carbocycles. The Bertz CT molecular complexity index is 782. The lowest BCUT2D eigenvalue weighted by Crippen LogP contribution is -2.39. The van der Waals surface area contributed by atoms with Crippen molar-refractivity contribution in [2.24, 2.45) is 0 Å². The SMILES string of the molecule is N#Cc1cccc(NC(=O)N(CCO)C2CCc3ccccc32)c1. The van der Waals surface area contributed by atoms with Crippen LogP contribution < -0.4 is 5.32 Å². The summed E-state index contributed by atoms with van der Waals surface area (Å²) in [5.74, 6) is 0. The Balaban J connectivity index is 1.81. The zero-order valence-corrected chi connectivity index (χ0v) is 13.3. The van der Waals surface area contributed by atoms with Crippen molar-refractivity contribution in [2.45, 2.75) is 18.9 Å². The average Bonchev–Trinajstić information content (AvgIpc) is 3.03. The van der Waals surface area contributed by atoms with Crippen LogP contribution in [-0.2, 0) is 6.42 Å². The fourth-order valence-electron chi connectivity index (χ4n) is 3.23. The topological polar surface area (TPSA) is 76.4 Å². The maximum Gasteiger partial charge on any atom is 0.322 e. The second kappa shape index (κ2) is 7.16. The number of nitriles is 1. The summed E-state index contributed by atoms with van der Waals surface area (Å²) in [5.41, 5.74) is 3.47. The van der Waals surface area contributed by atoms with Crippen LogP contribution in [0.5, 0.6) is 0 Å². The molecule has 2 aromatic rings. The number of carbonyl (C=O) groups excluding carboxylic acids is 1. The highest BCUT2D eigenvalue weighted by Gasteiger charge is 2.30. The lowest BCUT2D eigenvalue weighted by Gasteiger charge is -2.29. The highest BCUT2D eigenvalue weighted by molar-refractivity contribution is 5.90. The number of amides is 2. The first-order valence-corrected chi connectivity index (χ1v) is 7.99. The Morgan fingerprint density at radius 1 is 1.29 bits per heavy atom. The minimum absolute atomic E-state index is 0.0347. The quantitative estimate of drug-likeness (QED) is 0.908. The van der Waals surface area contributed by atoms with E-state index in [1.54, 1.807) is 29.2 Å². The summed E-state index contributed by atoms with van der Waals surface area (Å²) in [4.78, 5) is 14.4. The predicted octanol–water partition coefficient (Wildman–Crippen LogP) is 3.07. The minimum Gasteiger partial charge on any atom is -0.395 e. The van der Waals surface area contributed by atoms with Gasteiger partial charge in [0.25, 0.3) is 0 Å². The molecule has 0 saturated carbocycles. The van der Waals surface area contributed by atoms with E-state index < -0.39 is 0 Å². The standard InChI is InChI=1S/C19H19N3O2/c20-13-14-4-3-6-16(12-14)21-19(24)22(10-11-23)18-9-8-15-5-1-2-7-17(15)18/h1-7,12,18,23H,8-11H2,(H,21,24). The number of nitrogens with one attached hydrogen (secondary N) is 1. The first-order chi connectivity index (χ1) is 11.7. The molecule has 0 heterocycles. The highest BCUT2D eigenvalue weighted by Crippen LogP contribution is 2.35. The molecule has 0 radical (unpaired) electrons. The van der Waals surface area contributed by atoms with Gasteiger partial charge in [0.05, 0.1) is 24.3 Å². The van der Waals surface area contributed by atoms with Gasteiger partial charge in [-0.2, -0.15) is 5.26 Å². The first-order valence-electron chi connectivity index (χ1n) is 7.99. The fraction of sp³-hybridized carbons (Fsp3) is 0.263. The molecule has 0 aliphatic heterocycles. The molecule has 122 valence electrons. The number of urea groups is 1. The Morgan fingerprint density at radius 3 is 2.92 bits per heavy atom. The van der Waals surface area contributed by atoms with Crippen LogP contribution in [0.25, 0.3) is 0 Å². The minimum atomic E-state index is -0.263. The van der Waals surface area contributed by atoms with Gasteiger partial charge >= 0.3 is 6.03 Å². The molecule has 0 spiro atoms. The van der Waals surface area contributed by atoms with Crippen molar-refractivity contribution in [3.63, 3.8) is 0 Å². The third-order valence-corrected chi connectivity index (χ3v) is 4.32. The molecule has 0 bridgehead atoms. The molecule has 24 heavy (non-hydrogen) atoms. The summed E-state index contributed by atoms with van der Waals surface area (Å²) in [6.45, 7) is 0.174. The van der Waals surface area contributed by atoms with E-state index in [1.807, 2.05) is 18.2 Å². The van der Waals surface area contributed by atoms with Crippen LogP contribution in [0.2, 0.25) is 0 Å². The number of rotatable bonds is 4. The number of nitrogens with zero attached hydrogens (tertiary/aromatic N) is 2. The Morgan fingerprint density at radius 2 is 2.12 bits per heavy atom. The van der Waals surface area contributed by atoms with Crippen molar-refractivity contribution < 1.29 is 9.90 Å². The highest BCUT2D eigenvalue weighted by atomic mass is 16.3. The van der Waals surface area contributed by atoms with Gasteiger partial charge in [-0.3, -0.25) is 0 Å². The van der Waals surface area contributed by atoms with E-state index in [1.165, 1.54) is 5.56 Å². The molecular weight excluding hydrogens is 302 g/mol. The third kappa shape index (κ3) is 3.24. The molecule has 0 saturated heterocycles. The van der Waals surface area contributed by atoms with Gasteiger partial charge < -0.3 is 15.3 Å². The second-order valence-corrected chi connectivity index (χ2v) is 5.79. The molecule has 1 unspecified atom stereocenters. The Kier molecular flexibility index (Phi) is 4.78. The van der Waals surface area contributed by atoms with Gasteiger partial charge in [0.2, 0.25) is 0 Å². The molecule has 2 amide bonds. The van der Waals surface area contributed by atoms with Crippen LogP contribution in [0.3, 0.4) is 0 Å². The van der Waals surface area contributed by atoms with Crippen molar-refractivity contribution in [2.75, 3.05) is 18.5 Å². The normalized spacial score (nSPS) is 15.4. The second-order valence-electron chi connectivity index (χ2n) is 5.79. The van der Waals surface area contributed by atoms with Crippen molar-refractivity contribution >= 4 is 11.7 Å². The van der Waals surface area contributed by atoms with Gasteiger partial charge in [-0.1, -0.05) is 30.3 Å². The van der Waals surface area contributed by atoms with Gasteiger partial charge in [-0.05, 0) is 42.2 Å². The third-order valence-electron chi connectivity index (χ3n) is 4.32. The van der Waals surface area contributed by atoms with E-state index >= 15 is 0 Å². The number of hydrogen-bond acceptors (Lipinski definition) is 3. The molecule has 3 rings (SSSR count). The molecule has 1 atom stereocenters. The number of hydrogen-bond donors (Lipinski definition) is 2.